The number of carboxylic acids is 1. The predicted octanol–water partition coefficient (Wildman–Crippen LogP) is -0.738. The number of rotatable bonds is 3. The van der Waals surface area contributed by atoms with Crippen LogP contribution in [0.4, 0.5) is 0 Å². The van der Waals surface area contributed by atoms with Crippen LogP contribution in [0.1, 0.15) is 21.9 Å². The molecular formula is C10H13N3O4S. The van der Waals surface area contributed by atoms with Crippen molar-refractivity contribution in [3.8, 4) is 0 Å². The summed E-state index contributed by atoms with van der Waals surface area (Å²) < 4.78 is 0. The van der Waals surface area contributed by atoms with Gasteiger partial charge in [-0.3, -0.25) is 4.79 Å². The van der Waals surface area contributed by atoms with Crippen LogP contribution >= 0.6 is 11.3 Å². The lowest BCUT2D eigenvalue weighted by atomic mass is 10.2. The van der Waals surface area contributed by atoms with Gasteiger partial charge in [-0.1, -0.05) is 0 Å². The lowest BCUT2D eigenvalue weighted by Gasteiger charge is -2.19. The van der Waals surface area contributed by atoms with E-state index >= 15 is 0 Å². The molecule has 0 bridgehead atoms. The van der Waals surface area contributed by atoms with Crippen LogP contribution in [0.15, 0.2) is 5.38 Å². The van der Waals surface area contributed by atoms with E-state index in [-0.39, 0.29) is 25.2 Å². The fourth-order valence-corrected chi connectivity index (χ4v) is 2.57. The van der Waals surface area contributed by atoms with Crippen LogP contribution in [0, 0.1) is 0 Å². The highest BCUT2D eigenvalue weighted by molar-refractivity contribution is 7.09. The lowest BCUT2D eigenvalue weighted by molar-refractivity contribution is -0.141. The monoisotopic (exact) mass is 271 g/mol. The quantitative estimate of drug-likeness (QED) is 0.666. The topological polar surface area (TPSA) is 117 Å². The number of likely N-dealkylation sites (tertiary alicyclic amines) is 1. The number of carboxylic acid groups (broad SMARTS) is 1. The summed E-state index contributed by atoms with van der Waals surface area (Å²) in [4.78, 5) is 28.3. The third-order valence-electron chi connectivity index (χ3n) is 2.77. The van der Waals surface area contributed by atoms with Crippen LogP contribution in [0.5, 0.6) is 0 Å². The molecule has 98 valence electrons. The second kappa shape index (κ2) is 5.01. The first-order valence-corrected chi connectivity index (χ1v) is 6.27. The van der Waals surface area contributed by atoms with Gasteiger partial charge in [0.1, 0.15) is 16.7 Å². The number of nitrogens with two attached hydrogens (primary N) is 1. The van der Waals surface area contributed by atoms with Gasteiger partial charge in [-0.25, -0.2) is 9.78 Å². The van der Waals surface area contributed by atoms with E-state index in [9.17, 15) is 14.7 Å². The number of aromatic nitrogens is 1. The fourth-order valence-electron chi connectivity index (χ4n) is 1.92. The summed E-state index contributed by atoms with van der Waals surface area (Å²) in [5.41, 5.74) is 5.58. The first-order valence-electron chi connectivity index (χ1n) is 5.39. The Morgan fingerprint density at radius 1 is 1.61 bits per heavy atom. The predicted molar refractivity (Wildman–Crippen MR) is 63.1 cm³/mol. The molecule has 0 unspecified atom stereocenters. The van der Waals surface area contributed by atoms with E-state index in [0.717, 1.165) is 4.90 Å². The molecule has 1 saturated heterocycles. The molecule has 1 aromatic heterocycles. The molecule has 18 heavy (non-hydrogen) atoms. The van der Waals surface area contributed by atoms with Crippen molar-refractivity contribution in [3.05, 3.63) is 16.1 Å². The van der Waals surface area contributed by atoms with Gasteiger partial charge in [0, 0.05) is 24.9 Å². The third kappa shape index (κ3) is 2.35. The van der Waals surface area contributed by atoms with Crippen molar-refractivity contribution in [3.63, 3.8) is 0 Å². The van der Waals surface area contributed by atoms with Crippen LogP contribution in [0.2, 0.25) is 0 Å². The average molecular weight is 271 g/mol. The van der Waals surface area contributed by atoms with E-state index in [2.05, 4.69) is 4.98 Å². The molecule has 1 aromatic rings. The molecule has 0 spiro atoms. The van der Waals surface area contributed by atoms with E-state index in [1.165, 1.54) is 11.3 Å². The number of thiazole rings is 1. The van der Waals surface area contributed by atoms with Crippen LogP contribution < -0.4 is 5.73 Å². The van der Waals surface area contributed by atoms with Gasteiger partial charge in [0.2, 0.25) is 0 Å². The summed E-state index contributed by atoms with van der Waals surface area (Å²) in [6.07, 6.45) is -0.753. The van der Waals surface area contributed by atoms with Gasteiger partial charge in [0.25, 0.3) is 5.91 Å². The molecule has 2 heterocycles. The van der Waals surface area contributed by atoms with E-state index in [0.29, 0.717) is 5.01 Å². The molecule has 0 aliphatic carbocycles. The van der Waals surface area contributed by atoms with Gasteiger partial charge in [-0.15, -0.1) is 11.3 Å². The molecule has 4 N–H and O–H groups in total. The van der Waals surface area contributed by atoms with Gasteiger partial charge in [0.15, 0.2) is 0 Å². The summed E-state index contributed by atoms with van der Waals surface area (Å²) in [6.45, 7) is 0.258. The molecule has 1 aliphatic rings. The number of aliphatic hydroxyl groups is 1. The van der Waals surface area contributed by atoms with E-state index in [4.69, 9.17) is 10.8 Å². The minimum Gasteiger partial charge on any atom is -0.480 e. The van der Waals surface area contributed by atoms with Crippen LogP contribution in [0.3, 0.4) is 0 Å². The normalized spacial score (nSPS) is 23.3. The maximum Gasteiger partial charge on any atom is 0.326 e. The van der Waals surface area contributed by atoms with Gasteiger partial charge in [-0.2, -0.15) is 0 Å². The first-order chi connectivity index (χ1) is 8.52. The second-order valence-corrected chi connectivity index (χ2v) is 4.97. The van der Waals surface area contributed by atoms with Crippen molar-refractivity contribution in [2.75, 3.05) is 6.54 Å². The smallest absolute Gasteiger partial charge is 0.326 e. The van der Waals surface area contributed by atoms with Crippen molar-refractivity contribution in [1.82, 2.24) is 9.88 Å². The number of carbonyl (C=O) groups is 2. The van der Waals surface area contributed by atoms with Gasteiger partial charge >= 0.3 is 5.97 Å². The number of hydrogen-bond acceptors (Lipinski definition) is 6. The minimum atomic E-state index is -1.12. The Morgan fingerprint density at radius 2 is 2.33 bits per heavy atom. The molecule has 0 radical (unpaired) electrons. The first kappa shape index (κ1) is 12.9. The number of β-amino-alcohol motifs (C(OH)–C–C–N with tert-alkyl or cyclic N) is 1. The van der Waals surface area contributed by atoms with Crippen molar-refractivity contribution in [2.24, 2.45) is 5.73 Å². The van der Waals surface area contributed by atoms with Crippen LogP contribution in [0.25, 0.3) is 0 Å². The minimum absolute atomic E-state index is 0.0191. The van der Waals surface area contributed by atoms with E-state index < -0.39 is 24.0 Å². The Balaban J connectivity index is 2.19. The molecule has 2 atom stereocenters. The number of aliphatic carboxylic acids is 1. The molecular weight excluding hydrogens is 258 g/mol. The molecule has 8 heteroatoms. The largest absolute Gasteiger partial charge is 0.480 e. The number of aliphatic hydroxyl groups excluding tert-OH is 1. The van der Waals surface area contributed by atoms with E-state index in [1.807, 2.05) is 0 Å². The summed E-state index contributed by atoms with van der Waals surface area (Å²) in [5, 5.41) is 20.6. The standard InChI is InChI=1S/C10H13N3O4S/c11-2-8-12-6(4-18-8)9(15)13-3-5(14)1-7(13)10(16)17/h4-5,7,14H,1-3,11H2,(H,16,17)/t5-,7-/m1/s1. The lowest BCUT2D eigenvalue weighted by Crippen LogP contribution is -2.40. The molecule has 0 saturated carbocycles. The van der Waals surface area contributed by atoms with Gasteiger partial charge < -0.3 is 20.8 Å². The Kier molecular flexibility index (Phi) is 3.60. The highest BCUT2D eigenvalue weighted by Crippen LogP contribution is 2.21. The van der Waals surface area contributed by atoms with Crippen molar-refractivity contribution < 1.29 is 19.8 Å². The third-order valence-corrected chi connectivity index (χ3v) is 3.64. The van der Waals surface area contributed by atoms with Gasteiger partial charge in [0.05, 0.1) is 6.10 Å². The Morgan fingerprint density at radius 3 is 2.89 bits per heavy atom. The fraction of sp³-hybridized carbons (Fsp3) is 0.500. The zero-order chi connectivity index (χ0) is 13.3. The maximum atomic E-state index is 12.1. The number of nitrogens with zero attached hydrogens (tertiary/aromatic N) is 2. The molecule has 2 rings (SSSR count). The SMILES string of the molecule is NCc1nc(C(=O)N2C[C@H](O)C[C@@H]2C(=O)O)cs1. The number of carbonyl (C=O) groups excluding carboxylic acids is 1. The van der Waals surface area contributed by atoms with Gasteiger partial charge in [-0.05, 0) is 0 Å². The Bertz CT molecular complexity index is 475. The second-order valence-electron chi connectivity index (χ2n) is 4.03. The maximum absolute atomic E-state index is 12.1. The zero-order valence-corrected chi connectivity index (χ0v) is 10.3. The van der Waals surface area contributed by atoms with Crippen LogP contribution in [-0.4, -0.2) is 50.7 Å². The zero-order valence-electron chi connectivity index (χ0n) is 9.44. The molecule has 1 fully saturated rings. The number of hydrogen-bond donors (Lipinski definition) is 3. The summed E-state index contributed by atoms with van der Waals surface area (Å²) in [7, 11) is 0. The Labute approximate surface area is 107 Å². The van der Waals surface area contributed by atoms with Crippen molar-refractivity contribution in [1.29, 1.82) is 0 Å². The average Bonchev–Trinajstić information content (AvgIpc) is 2.94. The number of amides is 1. The Hall–Kier alpha value is -1.51. The summed E-state index contributed by atoms with van der Waals surface area (Å²) in [6, 6.07) is -0.990. The molecule has 0 aromatic carbocycles. The highest BCUT2D eigenvalue weighted by atomic mass is 32.1. The highest BCUT2D eigenvalue weighted by Gasteiger charge is 2.39. The van der Waals surface area contributed by atoms with E-state index in [1.54, 1.807) is 5.38 Å². The van der Waals surface area contributed by atoms with Crippen molar-refractivity contribution >= 4 is 23.2 Å². The summed E-state index contributed by atoms with van der Waals surface area (Å²) in [5.74, 6) is -1.59. The van der Waals surface area contributed by atoms with Crippen LogP contribution in [-0.2, 0) is 11.3 Å². The summed E-state index contributed by atoms with van der Waals surface area (Å²) >= 11 is 1.25. The molecule has 7 nitrogen and oxygen atoms in total. The molecule has 1 amide bonds. The molecule has 1 aliphatic heterocycles. The van der Waals surface area contributed by atoms with Crippen molar-refractivity contribution in [2.45, 2.75) is 25.1 Å².